The predicted molar refractivity (Wildman–Crippen MR) is 69.8 cm³/mol. The Labute approximate surface area is 112 Å². The van der Waals surface area contributed by atoms with E-state index >= 15 is 0 Å². The standard InChI is InChI=1S/C13H17ClN2O2/c14-6-3-13(17)16-8-4-11(5-9-16)18-12-2-1-7-15-10-12/h1-2,7,10-11H,3-6,8-9H2. The molecule has 18 heavy (non-hydrogen) atoms. The number of amides is 1. The number of carbonyl (C=O) groups is 1. The van der Waals surface area contributed by atoms with Gasteiger partial charge in [0.2, 0.25) is 5.91 Å². The number of carbonyl (C=O) groups excluding carboxylic acids is 1. The molecule has 2 heterocycles. The summed E-state index contributed by atoms with van der Waals surface area (Å²) in [5.74, 6) is 1.33. The zero-order chi connectivity index (χ0) is 12.8. The molecule has 0 unspecified atom stereocenters. The molecule has 0 aromatic carbocycles. The lowest BCUT2D eigenvalue weighted by Crippen LogP contribution is -2.41. The minimum atomic E-state index is 0.143. The van der Waals surface area contributed by atoms with E-state index in [9.17, 15) is 4.79 Å². The molecule has 5 heteroatoms. The topological polar surface area (TPSA) is 42.4 Å². The van der Waals surface area contributed by atoms with E-state index in [1.807, 2.05) is 17.0 Å². The molecule has 1 aromatic rings. The summed E-state index contributed by atoms with van der Waals surface area (Å²) in [5, 5.41) is 0. The Morgan fingerprint density at radius 2 is 2.28 bits per heavy atom. The van der Waals surface area contributed by atoms with Crippen LogP contribution < -0.4 is 4.74 Å². The molecule has 98 valence electrons. The van der Waals surface area contributed by atoms with E-state index in [2.05, 4.69) is 4.98 Å². The molecule has 1 amide bonds. The van der Waals surface area contributed by atoms with E-state index in [1.54, 1.807) is 12.4 Å². The average molecular weight is 269 g/mol. The third-order valence-electron chi connectivity index (χ3n) is 3.04. The molecular weight excluding hydrogens is 252 g/mol. The normalized spacial score (nSPS) is 16.6. The van der Waals surface area contributed by atoms with Gasteiger partial charge in [0.05, 0.1) is 6.20 Å². The minimum Gasteiger partial charge on any atom is -0.489 e. The summed E-state index contributed by atoms with van der Waals surface area (Å²) in [7, 11) is 0. The number of aromatic nitrogens is 1. The lowest BCUT2D eigenvalue weighted by atomic mass is 10.1. The van der Waals surface area contributed by atoms with Gasteiger partial charge in [-0.3, -0.25) is 9.78 Å². The number of pyridine rings is 1. The molecule has 0 aliphatic carbocycles. The Kier molecular flexibility index (Phi) is 4.81. The van der Waals surface area contributed by atoms with Gasteiger partial charge < -0.3 is 9.64 Å². The SMILES string of the molecule is O=C(CCCl)N1CCC(Oc2cccnc2)CC1. The number of halogens is 1. The monoisotopic (exact) mass is 268 g/mol. The first-order valence-corrected chi connectivity index (χ1v) is 6.73. The summed E-state index contributed by atoms with van der Waals surface area (Å²) in [6.07, 6.45) is 5.77. The lowest BCUT2D eigenvalue weighted by Gasteiger charge is -2.32. The van der Waals surface area contributed by atoms with Crippen LogP contribution in [0.4, 0.5) is 0 Å². The highest BCUT2D eigenvalue weighted by molar-refractivity contribution is 6.18. The van der Waals surface area contributed by atoms with Gasteiger partial charge in [-0.25, -0.2) is 0 Å². The Morgan fingerprint density at radius 1 is 1.50 bits per heavy atom. The van der Waals surface area contributed by atoms with Gasteiger partial charge in [0.1, 0.15) is 11.9 Å². The molecule has 0 radical (unpaired) electrons. The van der Waals surface area contributed by atoms with Crippen molar-refractivity contribution in [1.29, 1.82) is 0 Å². The molecule has 0 atom stereocenters. The number of rotatable bonds is 4. The lowest BCUT2D eigenvalue weighted by molar-refractivity contribution is -0.132. The highest BCUT2D eigenvalue weighted by atomic mass is 35.5. The van der Waals surface area contributed by atoms with E-state index in [0.717, 1.165) is 31.7 Å². The first-order valence-electron chi connectivity index (χ1n) is 6.20. The van der Waals surface area contributed by atoms with Gasteiger partial charge >= 0.3 is 0 Å². The quantitative estimate of drug-likeness (QED) is 0.785. The number of hydrogen-bond donors (Lipinski definition) is 0. The van der Waals surface area contributed by atoms with Gasteiger partial charge in [0, 0.05) is 44.4 Å². The fourth-order valence-electron chi connectivity index (χ4n) is 2.07. The van der Waals surface area contributed by atoms with Gasteiger partial charge in [-0.1, -0.05) is 0 Å². The van der Waals surface area contributed by atoms with E-state index in [1.165, 1.54) is 0 Å². The number of hydrogen-bond acceptors (Lipinski definition) is 3. The molecule has 2 rings (SSSR count). The third-order valence-corrected chi connectivity index (χ3v) is 3.23. The average Bonchev–Trinajstić information content (AvgIpc) is 2.41. The number of nitrogens with zero attached hydrogens (tertiary/aromatic N) is 2. The Balaban J connectivity index is 1.78. The molecule has 4 nitrogen and oxygen atoms in total. The van der Waals surface area contributed by atoms with Crippen LogP contribution in [-0.2, 0) is 4.79 Å². The predicted octanol–water partition coefficient (Wildman–Crippen LogP) is 2.08. The maximum Gasteiger partial charge on any atom is 0.223 e. The van der Waals surface area contributed by atoms with Crippen molar-refractivity contribution in [1.82, 2.24) is 9.88 Å². The van der Waals surface area contributed by atoms with Crippen LogP contribution in [0.2, 0.25) is 0 Å². The highest BCUT2D eigenvalue weighted by Crippen LogP contribution is 2.18. The number of likely N-dealkylation sites (tertiary alicyclic amines) is 1. The third kappa shape index (κ3) is 3.60. The molecule has 1 aliphatic heterocycles. The van der Waals surface area contributed by atoms with E-state index in [-0.39, 0.29) is 12.0 Å². The van der Waals surface area contributed by atoms with Gasteiger partial charge in [-0.2, -0.15) is 0 Å². The maximum atomic E-state index is 11.7. The van der Waals surface area contributed by atoms with Crippen LogP contribution in [0.25, 0.3) is 0 Å². The van der Waals surface area contributed by atoms with Crippen molar-refractivity contribution in [3.8, 4) is 5.75 Å². The fraction of sp³-hybridized carbons (Fsp3) is 0.538. The molecule has 0 N–H and O–H groups in total. The zero-order valence-corrected chi connectivity index (χ0v) is 11.0. The summed E-state index contributed by atoms with van der Waals surface area (Å²) < 4.78 is 5.82. The van der Waals surface area contributed by atoms with Crippen LogP contribution in [-0.4, -0.2) is 40.9 Å². The molecule has 0 spiro atoms. The Morgan fingerprint density at radius 3 is 2.89 bits per heavy atom. The van der Waals surface area contributed by atoms with Crippen molar-refractivity contribution in [2.24, 2.45) is 0 Å². The van der Waals surface area contributed by atoms with Crippen LogP contribution in [0.5, 0.6) is 5.75 Å². The van der Waals surface area contributed by atoms with Gasteiger partial charge in [-0.15, -0.1) is 11.6 Å². The smallest absolute Gasteiger partial charge is 0.223 e. The number of piperidine rings is 1. The van der Waals surface area contributed by atoms with Crippen molar-refractivity contribution >= 4 is 17.5 Å². The largest absolute Gasteiger partial charge is 0.489 e. The van der Waals surface area contributed by atoms with Crippen molar-refractivity contribution in [2.45, 2.75) is 25.4 Å². The van der Waals surface area contributed by atoms with Gasteiger partial charge in [0.15, 0.2) is 0 Å². The first kappa shape index (κ1) is 13.1. The fourth-order valence-corrected chi connectivity index (χ4v) is 2.23. The van der Waals surface area contributed by atoms with Crippen molar-refractivity contribution in [2.75, 3.05) is 19.0 Å². The van der Waals surface area contributed by atoms with Gasteiger partial charge in [-0.05, 0) is 12.1 Å². The second-order valence-electron chi connectivity index (χ2n) is 4.33. The van der Waals surface area contributed by atoms with E-state index in [0.29, 0.717) is 12.3 Å². The first-order chi connectivity index (χ1) is 8.79. The molecule has 0 bridgehead atoms. The Bertz CT molecular complexity index is 378. The van der Waals surface area contributed by atoms with Crippen molar-refractivity contribution < 1.29 is 9.53 Å². The van der Waals surface area contributed by atoms with Crippen LogP contribution in [0, 0.1) is 0 Å². The second-order valence-corrected chi connectivity index (χ2v) is 4.70. The van der Waals surface area contributed by atoms with Crippen molar-refractivity contribution in [3.05, 3.63) is 24.5 Å². The summed E-state index contributed by atoms with van der Waals surface area (Å²) >= 11 is 5.57. The molecular formula is C13H17ClN2O2. The summed E-state index contributed by atoms with van der Waals surface area (Å²) in [5.41, 5.74) is 0. The molecule has 1 aromatic heterocycles. The summed E-state index contributed by atoms with van der Waals surface area (Å²) in [6, 6.07) is 3.76. The Hall–Kier alpha value is -1.29. The van der Waals surface area contributed by atoms with Crippen LogP contribution in [0.1, 0.15) is 19.3 Å². The molecule has 1 fully saturated rings. The second kappa shape index (κ2) is 6.59. The highest BCUT2D eigenvalue weighted by Gasteiger charge is 2.23. The van der Waals surface area contributed by atoms with E-state index in [4.69, 9.17) is 16.3 Å². The summed E-state index contributed by atoms with van der Waals surface area (Å²) in [6.45, 7) is 1.50. The van der Waals surface area contributed by atoms with Crippen LogP contribution in [0.3, 0.4) is 0 Å². The van der Waals surface area contributed by atoms with E-state index < -0.39 is 0 Å². The minimum absolute atomic E-state index is 0.143. The molecule has 0 saturated carbocycles. The van der Waals surface area contributed by atoms with Gasteiger partial charge in [0.25, 0.3) is 0 Å². The van der Waals surface area contributed by atoms with Crippen molar-refractivity contribution in [3.63, 3.8) is 0 Å². The van der Waals surface area contributed by atoms with Crippen LogP contribution in [0.15, 0.2) is 24.5 Å². The number of alkyl halides is 1. The zero-order valence-electron chi connectivity index (χ0n) is 10.2. The maximum absolute atomic E-state index is 11.7. The molecule has 1 saturated heterocycles. The number of ether oxygens (including phenoxy) is 1. The molecule has 1 aliphatic rings. The van der Waals surface area contributed by atoms with Crippen LogP contribution >= 0.6 is 11.6 Å². The summed E-state index contributed by atoms with van der Waals surface area (Å²) in [4.78, 5) is 17.5.